The van der Waals surface area contributed by atoms with Gasteiger partial charge in [-0.2, -0.15) is 22.0 Å². The van der Waals surface area contributed by atoms with Gasteiger partial charge >= 0.3 is 12.1 Å². The molecule has 0 amide bonds. The lowest BCUT2D eigenvalue weighted by Gasteiger charge is -2.55. The maximum Gasteiger partial charge on any atom is 0.456 e. The monoisotopic (exact) mass is 508 g/mol. The van der Waals surface area contributed by atoms with E-state index in [0.29, 0.717) is 31.2 Å². The lowest BCUT2D eigenvalue weighted by atomic mass is 9.51. The minimum Gasteiger partial charge on any atom is -0.383 e. The Morgan fingerprint density at radius 1 is 1.08 bits per heavy atom. The fourth-order valence-corrected chi connectivity index (χ4v) is 7.60. The van der Waals surface area contributed by atoms with Crippen LogP contribution in [0.4, 0.5) is 22.0 Å². The molecule has 0 spiro atoms. The van der Waals surface area contributed by atoms with Crippen LogP contribution in [-0.2, 0) is 4.79 Å². The van der Waals surface area contributed by atoms with Crippen LogP contribution in [0.15, 0.2) is 47.1 Å². The molecule has 1 aromatic rings. The summed E-state index contributed by atoms with van der Waals surface area (Å²) >= 11 is 0. The fraction of sp³-hybridized carbons (Fsp3) is 0.571. The van der Waals surface area contributed by atoms with Crippen molar-refractivity contribution < 1.29 is 36.6 Å². The van der Waals surface area contributed by atoms with E-state index >= 15 is 0 Å². The van der Waals surface area contributed by atoms with Crippen molar-refractivity contribution in [2.75, 3.05) is 0 Å². The summed E-state index contributed by atoms with van der Waals surface area (Å²) in [7, 11) is 0. The van der Waals surface area contributed by atoms with Gasteiger partial charge in [-0.3, -0.25) is 9.59 Å². The molecular formula is C28H29F5O3. The van der Waals surface area contributed by atoms with E-state index in [-0.39, 0.29) is 30.3 Å². The number of halogens is 5. The van der Waals surface area contributed by atoms with Crippen LogP contribution in [-0.4, -0.2) is 34.4 Å². The average molecular weight is 509 g/mol. The molecule has 3 nitrogen and oxygen atoms in total. The van der Waals surface area contributed by atoms with E-state index in [9.17, 15) is 36.6 Å². The third-order valence-electron chi connectivity index (χ3n) is 9.46. The van der Waals surface area contributed by atoms with Crippen molar-refractivity contribution in [3.05, 3.63) is 58.2 Å². The van der Waals surface area contributed by atoms with E-state index in [1.54, 1.807) is 24.3 Å². The van der Waals surface area contributed by atoms with Crippen LogP contribution < -0.4 is 0 Å². The van der Waals surface area contributed by atoms with Crippen molar-refractivity contribution in [2.45, 2.75) is 82.4 Å². The van der Waals surface area contributed by atoms with Crippen molar-refractivity contribution in [3.63, 3.8) is 0 Å². The maximum absolute atomic E-state index is 15.0. The van der Waals surface area contributed by atoms with Gasteiger partial charge in [-0.05, 0) is 67.6 Å². The number of hydrogen-bond acceptors (Lipinski definition) is 3. The van der Waals surface area contributed by atoms with E-state index in [0.717, 1.165) is 22.3 Å². The largest absolute Gasteiger partial charge is 0.456 e. The molecule has 0 aromatic heterocycles. The Labute approximate surface area is 206 Å². The van der Waals surface area contributed by atoms with Gasteiger partial charge in [-0.25, -0.2) is 0 Å². The van der Waals surface area contributed by atoms with Gasteiger partial charge in [-0.15, -0.1) is 0 Å². The van der Waals surface area contributed by atoms with Crippen molar-refractivity contribution in [1.29, 1.82) is 0 Å². The zero-order chi connectivity index (χ0) is 26.3. The van der Waals surface area contributed by atoms with Gasteiger partial charge in [0.15, 0.2) is 5.78 Å². The molecule has 1 unspecified atom stereocenters. The smallest absolute Gasteiger partial charge is 0.383 e. The summed E-state index contributed by atoms with van der Waals surface area (Å²) < 4.78 is 70.7. The standard InChI is InChI=1S/C28H29F5O3/c1-15(34)16-3-5-17(6-4-16)22-14-25(2)23(11-12-26(25,36)27(29,30)28(31,32)33)21-9-7-18-13-19(35)8-10-20(18)24(21)22/h3-7,21-23,36H,8-14H2,1-2H3/t21-,22?,23-,25-,26-/m0/s1. The van der Waals surface area contributed by atoms with Crippen LogP contribution in [0.25, 0.3) is 0 Å². The van der Waals surface area contributed by atoms with Crippen molar-refractivity contribution in [3.8, 4) is 0 Å². The van der Waals surface area contributed by atoms with Gasteiger partial charge in [0.25, 0.3) is 0 Å². The molecule has 1 N–H and O–H groups in total. The number of hydrogen-bond donors (Lipinski definition) is 1. The Balaban J connectivity index is 1.67. The summed E-state index contributed by atoms with van der Waals surface area (Å²) in [5.74, 6) is -6.62. The van der Waals surface area contributed by atoms with Crippen LogP contribution in [0.1, 0.15) is 80.6 Å². The number of Topliss-reactive ketones (excluding diaryl/α,β-unsaturated/α-hetero) is 2. The molecule has 1 aromatic carbocycles. The highest BCUT2D eigenvalue weighted by atomic mass is 19.4. The zero-order valence-corrected chi connectivity index (χ0v) is 20.2. The van der Waals surface area contributed by atoms with Gasteiger partial charge in [0.2, 0.25) is 0 Å². The molecule has 8 heteroatoms. The van der Waals surface area contributed by atoms with Crippen molar-refractivity contribution in [1.82, 2.24) is 0 Å². The lowest BCUT2D eigenvalue weighted by Crippen LogP contribution is -2.65. The summed E-state index contributed by atoms with van der Waals surface area (Å²) in [4.78, 5) is 23.9. The number of carbonyl (C=O) groups is 2. The molecular weight excluding hydrogens is 479 g/mol. The Morgan fingerprint density at radius 3 is 2.36 bits per heavy atom. The Bertz CT molecular complexity index is 1180. The second-order valence-corrected chi connectivity index (χ2v) is 11.2. The topological polar surface area (TPSA) is 54.4 Å². The quantitative estimate of drug-likeness (QED) is 0.364. The average Bonchev–Trinajstić information content (AvgIpc) is 3.09. The highest BCUT2D eigenvalue weighted by Crippen LogP contribution is 2.70. The Morgan fingerprint density at radius 2 is 1.75 bits per heavy atom. The van der Waals surface area contributed by atoms with Gasteiger partial charge in [0.1, 0.15) is 11.4 Å². The molecule has 4 aliphatic rings. The molecule has 194 valence electrons. The number of fused-ring (bicyclic) bond motifs is 4. The molecule has 0 bridgehead atoms. The van der Waals surface area contributed by atoms with Gasteiger partial charge in [0, 0.05) is 29.7 Å². The first-order valence-corrected chi connectivity index (χ1v) is 12.4. The van der Waals surface area contributed by atoms with Crippen LogP contribution in [0.3, 0.4) is 0 Å². The van der Waals surface area contributed by atoms with E-state index in [1.807, 2.05) is 6.08 Å². The van der Waals surface area contributed by atoms with Crippen molar-refractivity contribution in [2.24, 2.45) is 17.3 Å². The first kappa shape index (κ1) is 25.3. The normalized spacial score (nSPS) is 34.6. The highest BCUT2D eigenvalue weighted by molar-refractivity contribution is 5.94. The Kier molecular flexibility index (Phi) is 5.67. The molecule has 36 heavy (non-hydrogen) atoms. The summed E-state index contributed by atoms with van der Waals surface area (Å²) in [5.41, 5.74) is -0.773. The predicted molar refractivity (Wildman–Crippen MR) is 123 cm³/mol. The molecule has 0 radical (unpaired) electrons. The zero-order valence-electron chi connectivity index (χ0n) is 20.2. The summed E-state index contributed by atoms with van der Waals surface area (Å²) in [6, 6.07) is 6.75. The predicted octanol–water partition coefficient (Wildman–Crippen LogP) is 6.72. The molecule has 5 rings (SSSR count). The molecule has 4 aliphatic carbocycles. The molecule has 3 fully saturated rings. The van der Waals surface area contributed by atoms with Crippen molar-refractivity contribution >= 4 is 11.6 Å². The maximum atomic E-state index is 15.0. The number of rotatable bonds is 3. The Hall–Kier alpha value is -2.35. The first-order valence-electron chi connectivity index (χ1n) is 12.4. The van der Waals surface area contributed by atoms with Gasteiger partial charge < -0.3 is 5.11 Å². The second kappa shape index (κ2) is 8.07. The SMILES string of the molecule is CC(=O)c1ccc(C2C[C@@]3(C)[C@@H](CC[C@@]3(O)C(F)(F)C(F)(F)F)[C@@H]3CC=C4CC(=O)CCC4=C23)cc1. The molecule has 0 heterocycles. The highest BCUT2D eigenvalue weighted by Gasteiger charge is 2.79. The minimum atomic E-state index is -5.87. The molecule has 0 saturated heterocycles. The number of alkyl halides is 5. The third kappa shape index (κ3) is 3.39. The molecule has 0 aliphatic heterocycles. The van der Waals surface area contributed by atoms with Crippen LogP contribution in [0.5, 0.6) is 0 Å². The lowest BCUT2D eigenvalue weighted by molar-refractivity contribution is -0.362. The fourth-order valence-electron chi connectivity index (χ4n) is 7.60. The number of aliphatic hydroxyl groups is 1. The van der Waals surface area contributed by atoms with Gasteiger partial charge in [0.05, 0.1) is 0 Å². The number of carbonyl (C=O) groups excluding carboxylic acids is 2. The van der Waals surface area contributed by atoms with Crippen LogP contribution in [0, 0.1) is 17.3 Å². The first-order chi connectivity index (χ1) is 16.7. The van der Waals surface area contributed by atoms with Gasteiger partial charge in [-0.1, -0.05) is 42.8 Å². The number of benzene rings is 1. The minimum absolute atomic E-state index is 0.0677. The van der Waals surface area contributed by atoms with E-state index in [2.05, 4.69) is 0 Å². The van der Waals surface area contributed by atoms with Crippen LogP contribution in [0.2, 0.25) is 0 Å². The summed E-state index contributed by atoms with van der Waals surface area (Å²) in [6.07, 6.45) is -2.93. The molecule has 3 saturated carbocycles. The number of ketones is 2. The second-order valence-electron chi connectivity index (χ2n) is 11.2. The summed E-state index contributed by atoms with van der Waals surface area (Å²) in [5, 5.41) is 11.3. The van der Waals surface area contributed by atoms with E-state index in [1.165, 1.54) is 13.8 Å². The third-order valence-corrected chi connectivity index (χ3v) is 9.46. The van der Waals surface area contributed by atoms with E-state index < -0.39 is 41.4 Å². The van der Waals surface area contributed by atoms with E-state index in [4.69, 9.17) is 0 Å². The number of allylic oxidation sites excluding steroid dienone is 4. The summed E-state index contributed by atoms with van der Waals surface area (Å²) in [6.45, 7) is 2.82. The molecule has 5 atom stereocenters. The van der Waals surface area contributed by atoms with Crippen LogP contribution >= 0.6 is 0 Å².